The van der Waals surface area contributed by atoms with Crippen molar-refractivity contribution < 1.29 is 9.90 Å². The van der Waals surface area contributed by atoms with Crippen LogP contribution >= 0.6 is 0 Å². The minimum atomic E-state index is -0.654. The molecular formula is C20H31N3O2. The first-order chi connectivity index (χ1) is 11.9. The Labute approximate surface area is 151 Å². The number of carboxylic acids is 1. The van der Waals surface area contributed by atoms with Crippen LogP contribution in [0.1, 0.15) is 28.7 Å². The lowest BCUT2D eigenvalue weighted by molar-refractivity contribution is -0.141. The summed E-state index contributed by atoms with van der Waals surface area (Å²) in [5.74, 6) is -0.852. The average Bonchev–Trinajstić information content (AvgIpc) is 3.03. The first kappa shape index (κ1) is 18.4. The van der Waals surface area contributed by atoms with Crippen molar-refractivity contribution in [1.29, 1.82) is 0 Å². The number of likely N-dealkylation sites (N-methyl/N-ethyl adjacent to an activating group) is 1. The summed E-state index contributed by atoms with van der Waals surface area (Å²) in [7, 11) is 2.19. The van der Waals surface area contributed by atoms with E-state index >= 15 is 0 Å². The van der Waals surface area contributed by atoms with Gasteiger partial charge >= 0.3 is 5.97 Å². The molecule has 1 atom stereocenters. The molecule has 2 heterocycles. The molecule has 0 spiro atoms. The van der Waals surface area contributed by atoms with Crippen LogP contribution < -0.4 is 0 Å². The third-order valence-electron chi connectivity index (χ3n) is 5.80. The Morgan fingerprint density at radius 1 is 1.00 bits per heavy atom. The summed E-state index contributed by atoms with van der Waals surface area (Å²) in [4.78, 5) is 18.4. The summed E-state index contributed by atoms with van der Waals surface area (Å²) in [5, 5.41) is 9.20. The Morgan fingerprint density at radius 3 is 2.16 bits per heavy atom. The highest BCUT2D eigenvalue weighted by atomic mass is 16.4. The smallest absolute Gasteiger partial charge is 0.307 e. The van der Waals surface area contributed by atoms with Crippen molar-refractivity contribution in [3.63, 3.8) is 0 Å². The largest absolute Gasteiger partial charge is 0.481 e. The summed E-state index contributed by atoms with van der Waals surface area (Å²) in [6.07, 6.45) is 0.772. The van der Waals surface area contributed by atoms with Gasteiger partial charge in [0, 0.05) is 45.8 Å². The number of carbonyl (C=O) groups is 1. The lowest BCUT2D eigenvalue weighted by atomic mass is 9.99. The van der Waals surface area contributed by atoms with E-state index in [1.807, 2.05) is 0 Å². The number of likely N-dealkylation sites (tertiary alicyclic amines) is 1. The van der Waals surface area contributed by atoms with Crippen molar-refractivity contribution in [3.05, 3.63) is 34.4 Å². The first-order valence-corrected chi connectivity index (χ1v) is 9.37. The average molecular weight is 345 g/mol. The van der Waals surface area contributed by atoms with Gasteiger partial charge in [0.25, 0.3) is 0 Å². The van der Waals surface area contributed by atoms with E-state index in [2.05, 4.69) is 47.7 Å². The van der Waals surface area contributed by atoms with Crippen LogP contribution in [-0.4, -0.2) is 72.1 Å². The van der Waals surface area contributed by atoms with Crippen molar-refractivity contribution in [3.8, 4) is 0 Å². The summed E-state index contributed by atoms with van der Waals surface area (Å²) in [6, 6.07) is 4.66. The second-order valence-electron chi connectivity index (χ2n) is 7.84. The highest BCUT2D eigenvalue weighted by Crippen LogP contribution is 2.23. The lowest BCUT2D eigenvalue weighted by Gasteiger charge is -2.33. The van der Waals surface area contributed by atoms with Gasteiger partial charge in [0.1, 0.15) is 0 Å². The maximum Gasteiger partial charge on any atom is 0.307 e. The maximum atomic E-state index is 11.2. The van der Waals surface area contributed by atoms with E-state index in [0.29, 0.717) is 6.54 Å². The second kappa shape index (κ2) is 7.85. The van der Waals surface area contributed by atoms with Crippen LogP contribution in [0.3, 0.4) is 0 Å². The zero-order valence-corrected chi connectivity index (χ0v) is 15.8. The number of aryl methyl sites for hydroxylation is 2. The van der Waals surface area contributed by atoms with E-state index in [9.17, 15) is 9.90 Å². The third kappa shape index (κ3) is 4.60. The Morgan fingerprint density at radius 2 is 1.60 bits per heavy atom. The van der Waals surface area contributed by atoms with Crippen molar-refractivity contribution in [2.75, 3.05) is 46.3 Å². The second-order valence-corrected chi connectivity index (χ2v) is 7.84. The van der Waals surface area contributed by atoms with Gasteiger partial charge in [-0.25, -0.2) is 0 Å². The topological polar surface area (TPSA) is 47.0 Å². The van der Waals surface area contributed by atoms with E-state index in [4.69, 9.17) is 0 Å². The van der Waals surface area contributed by atoms with Gasteiger partial charge in [-0.3, -0.25) is 14.6 Å². The van der Waals surface area contributed by atoms with Gasteiger partial charge in [0.05, 0.1) is 5.92 Å². The Kier molecular flexibility index (Phi) is 5.77. The van der Waals surface area contributed by atoms with Gasteiger partial charge in [-0.2, -0.15) is 0 Å². The molecule has 2 aliphatic heterocycles. The zero-order chi connectivity index (χ0) is 18.0. The van der Waals surface area contributed by atoms with Crippen LogP contribution in [0.2, 0.25) is 0 Å². The predicted octanol–water partition coefficient (Wildman–Crippen LogP) is 1.96. The quantitative estimate of drug-likeness (QED) is 0.884. The van der Waals surface area contributed by atoms with E-state index in [0.717, 1.165) is 52.2 Å². The number of hydrogen-bond acceptors (Lipinski definition) is 4. The number of benzene rings is 1. The van der Waals surface area contributed by atoms with E-state index in [1.165, 1.54) is 22.3 Å². The SMILES string of the molecule is Cc1cc(C)c(CN2CC[C@@H](C(=O)O)C2)cc1CN1CCN(C)CC1. The Hall–Kier alpha value is -1.43. The van der Waals surface area contributed by atoms with Gasteiger partial charge in [-0.05, 0) is 56.1 Å². The molecule has 1 aromatic rings. The molecule has 2 saturated heterocycles. The van der Waals surface area contributed by atoms with Crippen molar-refractivity contribution in [2.24, 2.45) is 5.92 Å². The first-order valence-electron chi connectivity index (χ1n) is 9.37. The monoisotopic (exact) mass is 345 g/mol. The molecule has 0 aliphatic carbocycles. The third-order valence-corrected chi connectivity index (χ3v) is 5.80. The number of hydrogen-bond donors (Lipinski definition) is 1. The Bertz CT molecular complexity index is 624. The van der Waals surface area contributed by atoms with Crippen molar-refractivity contribution >= 4 is 5.97 Å². The van der Waals surface area contributed by atoms with E-state index in [-0.39, 0.29) is 5.92 Å². The van der Waals surface area contributed by atoms with Crippen LogP contribution in [0.5, 0.6) is 0 Å². The normalized spacial score (nSPS) is 23.2. The number of rotatable bonds is 5. The Balaban J connectivity index is 1.67. The van der Waals surface area contributed by atoms with Gasteiger partial charge in [0.2, 0.25) is 0 Å². The minimum absolute atomic E-state index is 0.199. The lowest BCUT2D eigenvalue weighted by Crippen LogP contribution is -2.44. The summed E-state index contributed by atoms with van der Waals surface area (Å²) >= 11 is 0. The maximum absolute atomic E-state index is 11.2. The molecule has 1 N–H and O–H groups in total. The molecule has 0 bridgehead atoms. The standard InChI is InChI=1S/C20H31N3O2/c1-15-10-16(2)19(14-23-5-4-17(12-23)20(24)25)11-18(15)13-22-8-6-21(3)7-9-22/h10-11,17H,4-9,12-14H2,1-3H3,(H,24,25)/t17-/m1/s1. The zero-order valence-electron chi connectivity index (χ0n) is 15.8. The molecule has 1 aromatic carbocycles. The van der Waals surface area contributed by atoms with Crippen LogP contribution in [0, 0.1) is 19.8 Å². The molecule has 0 aromatic heterocycles. The molecule has 2 fully saturated rings. The molecule has 0 saturated carbocycles. The molecule has 138 valence electrons. The molecule has 5 nitrogen and oxygen atoms in total. The van der Waals surface area contributed by atoms with Crippen LogP contribution in [-0.2, 0) is 17.9 Å². The highest BCUT2D eigenvalue weighted by Gasteiger charge is 2.28. The molecular weight excluding hydrogens is 314 g/mol. The fraction of sp³-hybridized carbons (Fsp3) is 0.650. The number of piperazine rings is 1. The van der Waals surface area contributed by atoms with Crippen molar-refractivity contribution in [1.82, 2.24) is 14.7 Å². The fourth-order valence-electron chi connectivity index (χ4n) is 3.95. The van der Waals surface area contributed by atoms with Crippen LogP contribution in [0.15, 0.2) is 12.1 Å². The van der Waals surface area contributed by atoms with Crippen LogP contribution in [0.4, 0.5) is 0 Å². The molecule has 0 radical (unpaired) electrons. The van der Waals surface area contributed by atoms with Gasteiger partial charge in [0.15, 0.2) is 0 Å². The van der Waals surface area contributed by atoms with Crippen molar-refractivity contribution in [2.45, 2.75) is 33.4 Å². The van der Waals surface area contributed by atoms with Gasteiger partial charge in [-0.15, -0.1) is 0 Å². The number of nitrogens with zero attached hydrogens (tertiary/aromatic N) is 3. The van der Waals surface area contributed by atoms with Gasteiger partial charge < -0.3 is 10.0 Å². The fourth-order valence-corrected chi connectivity index (χ4v) is 3.95. The molecule has 25 heavy (non-hydrogen) atoms. The summed E-state index contributed by atoms with van der Waals surface area (Å²) in [6.45, 7) is 12.4. The molecule has 2 aliphatic rings. The molecule has 3 rings (SSSR count). The summed E-state index contributed by atoms with van der Waals surface area (Å²) < 4.78 is 0. The van der Waals surface area contributed by atoms with Crippen LogP contribution in [0.25, 0.3) is 0 Å². The highest BCUT2D eigenvalue weighted by molar-refractivity contribution is 5.70. The van der Waals surface area contributed by atoms with Gasteiger partial charge in [-0.1, -0.05) is 12.1 Å². The molecule has 0 unspecified atom stereocenters. The molecule has 5 heteroatoms. The minimum Gasteiger partial charge on any atom is -0.481 e. The van der Waals surface area contributed by atoms with E-state index < -0.39 is 5.97 Å². The molecule has 0 amide bonds. The number of carboxylic acid groups (broad SMARTS) is 1. The predicted molar refractivity (Wildman–Crippen MR) is 99.7 cm³/mol. The summed E-state index contributed by atoms with van der Waals surface area (Å²) in [5.41, 5.74) is 5.45. The van der Waals surface area contributed by atoms with E-state index in [1.54, 1.807) is 0 Å². The number of aliphatic carboxylic acids is 1.